The summed E-state index contributed by atoms with van der Waals surface area (Å²) in [5.41, 5.74) is 1.68. The van der Waals surface area contributed by atoms with Crippen LogP contribution in [0.25, 0.3) is 0 Å². The molecule has 0 aliphatic heterocycles. The van der Waals surface area contributed by atoms with Crippen LogP contribution in [0.3, 0.4) is 0 Å². The zero-order chi connectivity index (χ0) is 19.2. The van der Waals surface area contributed by atoms with E-state index in [1.54, 1.807) is 24.5 Å². The number of pyridine rings is 1. The van der Waals surface area contributed by atoms with Gasteiger partial charge >= 0.3 is 6.18 Å². The molecule has 0 aliphatic rings. The maximum atomic E-state index is 12.2. The first-order chi connectivity index (χ1) is 12.3. The number of hydrogen-bond acceptors (Lipinski definition) is 5. The van der Waals surface area contributed by atoms with Crippen LogP contribution in [0.4, 0.5) is 13.2 Å². The van der Waals surface area contributed by atoms with Crippen LogP contribution in [0.2, 0.25) is 0 Å². The van der Waals surface area contributed by atoms with E-state index in [1.807, 2.05) is 24.3 Å². The first-order valence-corrected chi connectivity index (χ1v) is 8.62. The molecule has 11 heteroatoms. The number of hydrogen-bond donors (Lipinski definition) is 1. The Hall–Kier alpha value is -1.63. The molecule has 0 spiro atoms. The summed E-state index contributed by atoms with van der Waals surface area (Å²) >= 11 is 1.58. The summed E-state index contributed by atoms with van der Waals surface area (Å²) in [7, 11) is 3.55. The summed E-state index contributed by atoms with van der Waals surface area (Å²) in [6.45, 7) is 1.55. The highest BCUT2D eigenvalue weighted by Gasteiger charge is 2.28. The maximum absolute atomic E-state index is 12.2. The van der Waals surface area contributed by atoms with Gasteiger partial charge in [-0.15, -0.1) is 35.3 Å². The lowest BCUT2D eigenvalue weighted by molar-refractivity contribution is -0.154. The van der Waals surface area contributed by atoms with Gasteiger partial charge in [0.2, 0.25) is 5.88 Å². The summed E-state index contributed by atoms with van der Waals surface area (Å²) in [5, 5.41) is 6.15. The number of aromatic nitrogens is 2. The van der Waals surface area contributed by atoms with Gasteiger partial charge in [0.1, 0.15) is 0 Å². The van der Waals surface area contributed by atoms with Crippen molar-refractivity contribution in [1.82, 2.24) is 20.2 Å². The zero-order valence-corrected chi connectivity index (χ0v) is 18.2. The van der Waals surface area contributed by atoms with E-state index in [9.17, 15) is 13.2 Å². The van der Waals surface area contributed by atoms with Gasteiger partial charge in [-0.3, -0.25) is 4.99 Å². The van der Waals surface area contributed by atoms with E-state index in [-0.39, 0.29) is 29.9 Å². The molecule has 0 fully saturated rings. The fourth-order valence-electron chi connectivity index (χ4n) is 2.16. The molecule has 2 heterocycles. The van der Waals surface area contributed by atoms with Crippen LogP contribution in [0.1, 0.15) is 16.3 Å². The molecule has 0 saturated carbocycles. The third-order valence-electron chi connectivity index (χ3n) is 3.27. The van der Waals surface area contributed by atoms with E-state index < -0.39 is 12.8 Å². The molecule has 6 nitrogen and oxygen atoms in total. The van der Waals surface area contributed by atoms with Gasteiger partial charge in [0, 0.05) is 38.3 Å². The Labute approximate surface area is 176 Å². The van der Waals surface area contributed by atoms with Gasteiger partial charge < -0.3 is 15.0 Å². The smallest absolute Gasteiger partial charge is 0.422 e. The Bertz CT molecular complexity index is 754. The number of ether oxygens (including phenoxy) is 1. The Kier molecular flexibility index (Phi) is 9.22. The van der Waals surface area contributed by atoms with Crippen molar-refractivity contribution in [3.8, 4) is 5.88 Å². The molecule has 0 aromatic carbocycles. The monoisotopic (exact) mass is 515 g/mol. The van der Waals surface area contributed by atoms with Gasteiger partial charge in [-0.1, -0.05) is 0 Å². The minimum Gasteiger partial charge on any atom is -0.468 e. The molecule has 0 aliphatic carbocycles. The van der Waals surface area contributed by atoms with Gasteiger partial charge in [0.15, 0.2) is 12.6 Å². The Morgan fingerprint density at radius 2 is 2.15 bits per heavy atom. The standard InChI is InChI=1S/C16H20F3N5OS.HI/c1-11-23-13(9-26-11)8-24(3)15(20-2)22-7-12-4-5-21-14(6-12)25-10-16(17,18)19;/h4-6,9H,7-8,10H2,1-3H3,(H,20,22);1H. The van der Waals surface area contributed by atoms with Crippen LogP contribution in [-0.2, 0) is 13.1 Å². The first-order valence-electron chi connectivity index (χ1n) is 7.74. The fraction of sp³-hybridized carbons (Fsp3) is 0.438. The number of aliphatic imine (C=N–C) groups is 1. The quantitative estimate of drug-likeness (QED) is 0.362. The average molecular weight is 515 g/mol. The number of nitrogens with zero attached hydrogens (tertiary/aromatic N) is 4. The van der Waals surface area contributed by atoms with Crippen molar-refractivity contribution < 1.29 is 17.9 Å². The number of thiazole rings is 1. The molecule has 150 valence electrons. The summed E-state index contributed by atoms with van der Waals surface area (Å²) in [4.78, 5) is 14.3. The maximum Gasteiger partial charge on any atom is 0.422 e. The van der Waals surface area contributed by atoms with E-state index in [4.69, 9.17) is 0 Å². The number of guanidine groups is 1. The molecule has 1 N–H and O–H groups in total. The van der Waals surface area contributed by atoms with Gasteiger partial charge in [0.25, 0.3) is 0 Å². The van der Waals surface area contributed by atoms with E-state index in [0.29, 0.717) is 19.0 Å². The van der Waals surface area contributed by atoms with Crippen molar-refractivity contribution >= 4 is 41.3 Å². The van der Waals surface area contributed by atoms with Crippen LogP contribution in [0, 0.1) is 6.92 Å². The molecule has 0 radical (unpaired) electrons. The van der Waals surface area contributed by atoms with E-state index >= 15 is 0 Å². The fourth-order valence-corrected chi connectivity index (χ4v) is 2.76. The molecule has 2 rings (SSSR count). The normalized spacial score (nSPS) is 11.7. The summed E-state index contributed by atoms with van der Waals surface area (Å²) in [6.07, 6.45) is -2.98. The third kappa shape index (κ3) is 8.28. The molecular formula is C16H21F3IN5OS. The lowest BCUT2D eigenvalue weighted by Gasteiger charge is -2.21. The predicted octanol–water partition coefficient (Wildman–Crippen LogP) is 3.61. The van der Waals surface area contributed by atoms with E-state index in [2.05, 4.69) is 25.0 Å². The van der Waals surface area contributed by atoms with Gasteiger partial charge in [-0.25, -0.2) is 9.97 Å². The van der Waals surface area contributed by atoms with Gasteiger partial charge in [-0.2, -0.15) is 13.2 Å². The van der Waals surface area contributed by atoms with Crippen LogP contribution in [0.15, 0.2) is 28.7 Å². The molecule has 0 atom stereocenters. The summed E-state index contributed by atoms with van der Waals surface area (Å²) < 4.78 is 41.3. The van der Waals surface area contributed by atoms with E-state index in [0.717, 1.165) is 16.3 Å². The topological polar surface area (TPSA) is 62.6 Å². The minimum atomic E-state index is -4.39. The highest BCUT2D eigenvalue weighted by atomic mass is 127. The van der Waals surface area contributed by atoms with Crippen LogP contribution in [0.5, 0.6) is 5.88 Å². The lowest BCUT2D eigenvalue weighted by atomic mass is 10.2. The van der Waals surface area contributed by atoms with Crippen LogP contribution < -0.4 is 10.1 Å². The first kappa shape index (κ1) is 23.4. The third-order valence-corrected chi connectivity index (χ3v) is 4.10. The highest BCUT2D eigenvalue weighted by Crippen LogP contribution is 2.17. The largest absolute Gasteiger partial charge is 0.468 e. The van der Waals surface area contributed by atoms with Crippen molar-refractivity contribution in [2.75, 3.05) is 20.7 Å². The highest BCUT2D eigenvalue weighted by molar-refractivity contribution is 14.0. The molecule has 27 heavy (non-hydrogen) atoms. The second-order valence-corrected chi connectivity index (χ2v) is 6.58. The number of aryl methyl sites for hydroxylation is 1. The summed E-state index contributed by atoms with van der Waals surface area (Å²) in [6, 6.07) is 3.17. The Morgan fingerprint density at radius 1 is 1.41 bits per heavy atom. The Morgan fingerprint density at radius 3 is 2.74 bits per heavy atom. The van der Waals surface area contributed by atoms with Crippen LogP contribution >= 0.6 is 35.3 Å². The van der Waals surface area contributed by atoms with Crippen molar-refractivity contribution in [2.24, 2.45) is 4.99 Å². The lowest BCUT2D eigenvalue weighted by Crippen LogP contribution is -2.38. The molecule has 2 aromatic rings. The average Bonchev–Trinajstić information content (AvgIpc) is 2.98. The van der Waals surface area contributed by atoms with E-state index in [1.165, 1.54) is 12.3 Å². The molecule has 2 aromatic heterocycles. The van der Waals surface area contributed by atoms with Crippen molar-refractivity contribution in [1.29, 1.82) is 0 Å². The second kappa shape index (κ2) is 10.6. The zero-order valence-electron chi connectivity index (χ0n) is 15.1. The molecule has 0 amide bonds. The second-order valence-electron chi connectivity index (χ2n) is 5.52. The van der Waals surface area contributed by atoms with Crippen molar-refractivity contribution in [3.63, 3.8) is 0 Å². The van der Waals surface area contributed by atoms with Crippen molar-refractivity contribution in [3.05, 3.63) is 40.0 Å². The molecule has 0 saturated heterocycles. The predicted molar refractivity (Wildman–Crippen MR) is 110 cm³/mol. The molecular weight excluding hydrogens is 494 g/mol. The number of alkyl halides is 3. The Balaban J connectivity index is 0.00000364. The minimum absolute atomic E-state index is 0. The SMILES string of the molecule is CN=C(NCc1ccnc(OCC(F)(F)F)c1)N(C)Cc1csc(C)n1.I. The number of nitrogens with one attached hydrogen (secondary N) is 1. The number of halogens is 4. The van der Waals surface area contributed by atoms with Crippen molar-refractivity contribution in [2.45, 2.75) is 26.2 Å². The molecule has 0 bridgehead atoms. The van der Waals surface area contributed by atoms with Gasteiger partial charge in [-0.05, 0) is 18.6 Å². The molecule has 0 unspecified atom stereocenters. The van der Waals surface area contributed by atoms with Gasteiger partial charge in [0.05, 0.1) is 17.2 Å². The summed E-state index contributed by atoms with van der Waals surface area (Å²) in [5.74, 6) is 0.577. The number of rotatable bonds is 6. The van der Waals surface area contributed by atoms with Crippen LogP contribution in [-0.4, -0.2) is 47.7 Å².